The Hall–Kier alpha value is -2.71. The van der Waals surface area contributed by atoms with Crippen LogP contribution in [-0.4, -0.2) is 16.0 Å². The topological polar surface area (TPSA) is 86.0 Å². The first kappa shape index (κ1) is 13.7. The molecule has 0 saturated heterocycles. The maximum atomic E-state index is 12.0. The van der Waals surface area contributed by atoms with Gasteiger partial charge in [0.2, 0.25) is 0 Å². The molecule has 2 rings (SSSR count). The van der Waals surface area contributed by atoms with Crippen LogP contribution in [0.1, 0.15) is 27.2 Å². The minimum absolute atomic E-state index is 0.226. The number of nitrogens with zero attached hydrogens (tertiary/aromatic N) is 2. The van der Waals surface area contributed by atoms with Gasteiger partial charge in [0.15, 0.2) is 0 Å². The fourth-order valence-electron chi connectivity index (χ4n) is 1.73. The molecule has 5 nitrogen and oxygen atoms in total. The van der Waals surface area contributed by atoms with E-state index in [2.05, 4.69) is 10.3 Å². The Morgan fingerprint density at radius 1 is 1.30 bits per heavy atom. The zero-order valence-corrected chi connectivity index (χ0v) is 10.7. The number of hydrogen-bond donors (Lipinski definition) is 2. The molecule has 20 heavy (non-hydrogen) atoms. The van der Waals surface area contributed by atoms with Crippen molar-refractivity contribution >= 4 is 5.91 Å². The second-order valence-corrected chi connectivity index (χ2v) is 4.16. The molecular weight excluding hydrogens is 254 g/mol. The monoisotopic (exact) mass is 267 g/mol. The Bertz CT molecular complexity index is 645. The van der Waals surface area contributed by atoms with Crippen molar-refractivity contribution in [3.05, 3.63) is 65.0 Å². The summed E-state index contributed by atoms with van der Waals surface area (Å²) >= 11 is 0. The van der Waals surface area contributed by atoms with Gasteiger partial charge in [-0.15, -0.1) is 0 Å². The van der Waals surface area contributed by atoms with Crippen molar-refractivity contribution in [2.45, 2.75) is 13.2 Å². The first-order valence-corrected chi connectivity index (χ1v) is 6.06. The van der Waals surface area contributed by atoms with E-state index in [4.69, 9.17) is 10.4 Å². The number of aliphatic hydroxyl groups is 1. The van der Waals surface area contributed by atoms with E-state index in [1.807, 2.05) is 6.07 Å². The van der Waals surface area contributed by atoms with Gasteiger partial charge in [-0.1, -0.05) is 18.2 Å². The molecule has 0 unspecified atom stereocenters. The van der Waals surface area contributed by atoms with Crippen LogP contribution in [0, 0.1) is 11.3 Å². The molecule has 0 aliphatic heterocycles. The van der Waals surface area contributed by atoms with Crippen LogP contribution in [0.5, 0.6) is 0 Å². The van der Waals surface area contributed by atoms with Gasteiger partial charge >= 0.3 is 0 Å². The third kappa shape index (κ3) is 3.19. The van der Waals surface area contributed by atoms with Gasteiger partial charge in [-0.25, -0.2) is 0 Å². The van der Waals surface area contributed by atoms with Gasteiger partial charge in [0.25, 0.3) is 5.91 Å². The summed E-state index contributed by atoms with van der Waals surface area (Å²) in [5.41, 5.74) is 2.18. The van der Waals surface area contributed by atoms with Crippen LogP contribution in [0.15, 0.2) is 42.6 Å². The van der Waals surface area contributed by atoms with E-state index < -0.39 is 0 Å². The summed E-state index contributed by atoms with van der Waals surface area (Å²) in [7, 11) is 0. The number of rotatable bonds is 4. The fraction of sp³-hybridized carbons (Fsp3) is 0.133. The first-order chi connectivity index (χ1) is 9.74. The molecule has 0 saturated carbocycles. The average Bonchev–Trinajstić information content (AvgIpc) is 2.53. The lowest BCUT2D eigenvalue weighted by atomic mass is 10.1. The van der Waals surface area contributed by atoms with Crippen LogP contribution in [0.4, 0.5) is 0 Å². The van der Waals surface area contributed by atoms with Crippen molar-refractivity contribution in [3.8, 4) is 6.07 Å². The number of nitriles is 1. The number of pyridine rings is 1. The third-order valence-electron chi connectivity index (χ3n) is 2.81. The molecule has 0 aliphatic rings. The van der Waals surface area contributed by atoms with Gasteiger partial charge in [0.1, 0.15) is 5.69 Å². The molecule has 2 aromatic rings. The van der Waals surface area contributed by atoms with E-state index in [9.17, 15) is 4.79 Å². The lowest BCUT2D eigenvalue weighted by molar-refractivity contribution is 0.0942. The van der Waals surface area contributed by atoms with Crippen molar-refractivity contribution in [3.63, 3.8) is 0 Å². The molecule has 0 atom stereocenters. The molecule has 0 radical (unpaired) electrons. The molecule has 1 amide bonds. The Morgan fingerprint density at radius 3 is 2.70 bits per heavy atom. The average molecular weight is 267 g/mol. The summed E-state index contributed by atoms with van der Waals surface area (Å²) in [5.74, 6) is -0.334. The summed E-state index contributed by atoms with van der Waals surface area (Å²) < 4.78 is 0. The fourth-order valence-corrected chi connectivity index (χ4v) is 1.73. The lowest BCUT2D eigenvalue weighted by Crippen LogP contribution is -2.25. The highest BCUT2D eigenvalue weighted by atomic mass is 16.3. The predicted octanol–water partition coefficient (Wildman–Crippen LogP) is 1.38. The predicted molar refractivity (Wildman–Crippen MR) is 72.5 cm³/mol. The maximum absolute atomic E-state index is 12.0. The summed E-state index contributed by atoms with van der Waals surface area (Å²) in [6, 6.07) is 12.3. The molecule has 0 fully saturated rings. The first-order valence-electron chi connectivity index (χ1n) is 6.06. The summed E-state index contributed by atoms with van der Waals surface area (Å²) in [4.78, 5) is 16.0. The summed E-state index contributed by atoms with van der Waals surface area (Å²) in [6.07, 6.45) is 1.51. The van der Waals surface area contributed by atoms with Crippen LogP contribution in [0.25, 0.3) is 0 Å². The molecule has 5 heteroatoms. The molecule has 0 aliphatic carbocycles. The van der Waals surface area contributed by atoms with Gasteiger partial charge in [-0.05, 0) is 23.8 Å². The minimum Gasteiger partial charge on any atom is -0.392 e. The Morgan fingerprint density at radius 2 is 2.05 bits per heavy atom. The van der Waals surface area contributed by atoms with Gasteiger partial charge in [0.05, 0.1) is 18.2 Å². The number of carbonyl (C=O) groups is 1. The number of aromatic nitrogens is 1. The Balaban J connectivity index is 2.03. The number of carbonyl (C=O) groups excluding carboxylic acids is 1. The van der Waals surface area contributed by atoms with Gasteiger partial charge in [-0.2, -0.15) is 5.26 Å². The maximum Gasteiger partial charge on any atom is 0.270 e. The van der Waals surface area contributed by atoms with Crippen molar-refractivity contribution in [1.82, 2.24) is 10.3 Å². The number of aliphatic hydroxyl groups excluding tert-OH is 1. The lowest BCUT2D eigenvalue weighted by Gasteiger charge is -2.07. The summed E-state index contributed by atoms with van der Waals surface area (Å²) in [6.45, 7) is 0.111. The SMILES string of the molecule is N#Cc1ccc(CNC(=O)c2ncccc2CO)cc1. The zero-order valence-electron chi connectivity index (χ0n) is 10.7. The van der Waals surface area contributed by atoms with Gasteiger partial charge in [0, 0.05) is 18.3 Å². The van der Waals surface area contributed by atoms with Crippen molar-refractivity contribution in [1.29, 1.82) is 5.26 Å². The molecule has 0 spiro atoms. The highest BCUT2D eigenvalue weighted by Gasteiger charge is 2.11. The Kier molecular flexibility index (Phi) is 4.43. The standard InChI is InChI=1S/C15H13N3O2/c16-8-11-3-5-12(6-4-11)9-18-15(20)14-13(10-19)2-1-7-17-14/h1-7,19H,9-10H2,(H,18,20). The van der Waals surface area contributed by atoms with Crippen LogP contribution in [0.2, 0.25) is 0 Å². The van der Waals surface area contributed by atoms with Gasteiger partial charge < -0.3 is 10.4 Å². The minimum atomic E-state index is -0.334. The highest BCUT2D eigenvalue weighted by Crippen LogP contribution is 2.06. The van der Waals surface area contributed by atoms with E-state index in [0.717, 1.165) is 5.56 Å². The van der Waals surface area contributed by atoms with Crippen LogP contribution < -0.4 is 5.32 Å². The quantitative estimate of drug-likeness (QED) is 0.876. The van der Waals surface area contributed by atoms with Crippen LogP contribution in [0.3, 0.4) is 0 Å². The molecule has 100 valence electrons. The van der Waals surface area contributed by atoms with E-state index in [0.29, 0.717) is 17.7 Å². The van der Waals surface area contributed by atoms with Crippen LogP contribution >= 0.6 is 0 Å². The van der Waals surface area contributed by atoms with E-state index in [-0.39, 0.29) is 18.2 Å². The Labute approximate surface area is 116 Å². The van der Waals surface area contributed by atoms with E-state index in [1.54, 1.807) is 36.4 Å². The molecule has 2 N–H and O–H groups in total. The second kappa shape index (κ2) is 6.45. The van der Waals surface area contributed by atoms with E-state index in [1.165, 1.54) is 6.20 Å². The van der Waals surface area contributed by atoms with Crippen LogP contribution in [-0.2, 0) is 13.2 Å². The van der Waals surface area contributed by atoms with Crippen molar-refractivity contribution in [2.75, 3.05) is 0 Å². The normalized spacial score (nSPS) is 9.80. The highest BCUT2D eigenvalue weighted by molar-refractivity contribution is 5.93. The van der Waals surface area contributed by atoms with Gasteiger partial charge in [-0.3, -0.25) is 9.78 Å². The van der Waals surface area contributed by atoms with Crippen molar-refractivity contribution < 1.29 is 9.90 Å². The number of benzene rings is 1. The smallest absolute Gasteiger partial charge is 0.270 e. The largest absolute Gasteiger partial charge is 0.392 e. The summed E-state index contributed by atoms with van der Waals surface area (Å²) in [5, 5.41) is 20.6. The number of hydrogen-bond acceptors (Lipinski definition) is 4. The molecule has 1 aromatic carbocycles. The molecular formula is C15H13N3O2. The third-order valence-corrected chi connectivity index (χ3v) is 2.81. The zero-order chi connectivity index (χ0) is 14.4. The number of nitrogens with one attached hydrogen (secondary N) is 1. The van der Waals surface area contributed by atoms with Crippen molar-refractivity contribution in [2.24, 2.45) is 0 Å². The molecule has 1 aromatic heterocycles. The van der Waals surface area contributed by atoms with E-state index >= 15 is 0 Å². The number of amides is 1. The molecule has 1 heterocycles. The molecule has 0 bridgehead atoms. The second-order valence-electron chi connectivity index (χ2n) is 4.16.